The Hall–Kier alpha value is -2.13. The lowest BCUT2D eigenvalue weighted by Crippen LogP contribution is -2.13. The zero-order chi connectivity index (χ0) is 15.2. The van der Waals surface area contributed by atoms with Crippen molar-refractivity contribution >= 4 is 5.97 Å². The van der Waals surface area contributed by atoms with Crippen LogP contribution in [0.5, 0.6) is 0 Å². The second-order valence-corrected chi connectivity index (χ2v) is 5.45. The van der Waals surface area contributed by atoms with Crippen molar-refractivity contribution in [2.45, 2.75) is 20.1 Å². The number of esters is 1. The van der Waals surface area contributed by atoms with Gasteiger partial charge >= 0.3 is 5.97 Å². The lowest BCUT2D eigenvalue weighted by Gasteiger charge is -2.14. The summed E-state index contributed by atoms with van der Waals surface area (Å²) >= 11 is 0. The van der Waals surface area contributed by atoms with E-state index in [1.54, 1.807) is 12.1 Å². The molecule has 0 amide bonds. The number of rotatable bonds is 5. The van der Waals surface area contributed by atoms with Crippen LogP contribution in [0.15, 0.2) is 48.5 Å². The Morgan fingerprint density at radius 3 is 2.24 bits per heavy atom. The quantitative estimate of drug-likeness (QED) is 0.788. The highest BCUT2D eigenvalue weighted by Gasteiger charge is 2.09. The summed E-state index contributed by atoms with van der Waals surface area (Å²) in [5, 5.41) is 0. The zero-order valence-corrected chi connectivity index (χ0v) is 12.8. The van der Waals surface area contributed by atoms with Crippen molar-refractivity contribution in [2.75, 3.05) is 14.1 Å². The summed E-state index contributed by atoms with van der Waals surface area (Å²) in [6.07, 6.45) is 0. The largest absolute Gasteiger partial charge is 0.457 e. The Morgan fingerprint density at radius 2 is 1.62 bits per heavy atom. The van der Waals surface area contributed by atoms with E-state index in [9.17, 15) is 4.79 Å². The van der Waals surface area contributed by atoms with Gasteiger partial charge in [-0.15, -0.1) is 0 Å². The summed E-state index contributed by atoms with van der Waals surface area (Å²) in [6, 6.07) is 15.5. The van der Waals surface area contributed by atoms with Gasteiger partial charge < -0.3 is 9.64 Å². The molecule has 0 saturated carbocycles. The number of hydrogen-bond donors (Lipinski definition) is 0. The molecule has 0 heterocycles. The number of carbonyl (C=O) groups is 1. The van der Waals surface area contributed by atoms with Gasteiger partial charge in [0.1, 0.15) is 6.61 Å². The third-order valence-electron chi connectivity index (χ3n) is 3.25. The molecule has 0 aliphatic heterocycles. The van der Waals surface area contributed by atoms with E-state index in [1.165, 1.54) is 5.56 Å². The van der Waals surface area contributed by atoms with Gasteiger partial charge in [0.25, 0.3) is 0 Å². The second kappa shape index (κ2) is 7.04. The standard InChI is InChI=1S/C18H21NO2/c1-14-8-10-15(11-9-14)18(20)21-13-17-7-5-4-6-16(17)12-19(2)3/h4-11H,12-13H2,1-3H3. The van der Waals surface area contributed by atoms with E-state index >= 15 is 0 Å². The van der Waals surface area contributed by atoms with Crippen LogP contribution in [-0.4, -0.2) is 25.0 Å². The smallest absolute Gasteiger partial charge is 0.338 e. The van der Waals surface area contributed by atoms with Crippen LogP contribution >= 0.6 is 0 Å². The molecule has 2 rings (SSSR count). The Labute approximate surface area is 126 Å². The number of nitrogens with zero attached hydrogens (tertiary/aromatic N) is 1. The highest BCUT2D eigenvalue weighted by atomic mass is 16.5. The van der Waals surface area contributed by atoms with Crippen LogP contribution in [0.2, 0.25) is 0 Å². The third kappa shape index (κ3) is 4.43. The molecule has 0 unspecified atom stereocenters. The average Bonchev–Trinajstić information content (AvgIpc) is 2.46. The van der Waals surface area contributed by atoms with Crippen LogP contribution in [0.3, 0.4) is 0 Å². The molecule has 0 radical (unpaired) electrons. The van der Waals surface area contributed by atoms with Crippen molar-refractivity contribution in [1.82, 2.24) is 4.90 Å². The summed E-state index contributed by atoms with van der Waals surface area (Å²) in [6.45, 7) is 3.13. The molecular weight excluding hydrogens is 262 g/mol. The highest BCUT2D eigenvalue weighted by Crippen LogP contribution is 2.13. The molecular formula is C18H21NO2. The monoisotopic (exact) mass is 283 g/mol. The first-order valence-corrected chi connectivity index (χ1v) is 7.01. The molecule has 0 bridgehead atoms. The molecule has 0 aliphatic carbocycles. The number of ether oxygens (including phenoxy) is 1. The first-order chi connectivity index (χ1) is 10.1. The summed E-state index contributed by atoms with van der Waals surface area (Å²) in [7, 11) is 4.05. The molecule has 0 atom stereocenters. The Balaban J connectivity index is 2.02. The first-order valence-electron chi connectivity index (χ1n) is 7.01. The molecule has 2 aromatic carbocycles. The minimum atomic E-state index is -0.283. The maximum atomic E-state index is 12.0. The lowest BCUT2D eigenvalue weighted by atomic mass is 10.1. The second-order valence-electron chi connectivity index (χ2n) is 5.45. The zero-order valence-electron chi connectivity index (χ0n) is 12.8. The molecule has 0 fully saturated rings. The number of hydrogen-bond acceptors (Lipinski definition) is 3. The maximum Gasteiger partial charge on any atom is 0.338 e. The number of benzene rings is 2. The predicted molar refractivity (Wildman–Crippen MR) is 84.1 cm³/mol. The topological polar surface area (TPSA) is 29.5 Å². The van der Waals surface area contributed by atoms with Crippen molar-refractivity contribution in [1.29, 1.82) is 0 Å². The number of aryl methyl sites for hydroxylation is 1. The SMILES string of the molecule is Cc1ccc(C(=O)OCc2ccccc2CN(C)C)cc1. The molecule has 21 heavy (non-hydrogen) atoms. The molecule has 110 valence electrons. The van der Waals surface area contributed by atoms with E-state index in [-0.39, 0.29) is 5.97 Å². The Morgan fingerprint density at radius 1 is 1.00 bits per heavy atom. The minimum Gasteiger partial charge on any atom is -0.457 e. The molecule has 2 aromatic rings. The van der Waals surface area contributed by atoms with Crippen LogP contribution in [0.4, 0.5) is 0 Å². The molecule has 0 saturated heterocycles. The van der Waals surface area contributed by atoms with Crippen LogP contribution in [-0.2, 0) is 17.9 Å². The summed E-state index contributed by atoms with van der Waals surface area (Å²) in [4.78, 5) is 14.1. The van der Waals surface area contributed by atoms with Gasteiger partial charge in [-0.2, -0.15) is 0 Å². The van der Waals surface area contributed by atoms with Gasteiger partial charge in [-0.05, 0) is 44.3 Å². The molecule has 0 aromatic heterocycles. The van der Waals surface area contributed by atoms with Gasteiger partial charge in [-0.3, -0.25) is 0 Å². The lowest BCUT2D eigenvalue weighted by molar-refractivity contribution is 0.0471. The van der Waals surface area contributed by atoms with Gasteiger partial charge in [-0.1, -0.05) is 42.0 Å². The van der Waals surface area contributed by atoms with Crippen molar-refractivity contribution < 1.29 is 9.53 Å². The molecule has 0 spiro atoms. The summed E-state index contributed by atoms with van der Waals surface area (Å²) < 4.78 is 5.42. The van der Waals surface area contributed by atoms with E-state index in [1.807, 2.05) is 51.4 Å². The van der Waals surface area contributed by atoms with Gasteiger partial charge in [-0.25, -0.2) is 4.79 Å². The Bertz CT molecular complexity index is 603. The third-order valence-corrected chi connectivity index (χ3v) is 3.25. The number of carbonyl (C=O) groups excluding carboxylic acids is 1. The van der Waals surface area contributed by atoms with E-state index in [4.69, 9.17) is 4.74 Å². The van der Waals surface area contributed by atoms with Crippen molar-refractivity contribution in [3.63, 3.8) is 0 Å². The fourth-order valence-corrected chi connectivity index (χ4v) is 2.11. The van der Waals surface area contributed by atoms with Gasteiger partial charge in [0.05, 0.1) is 5.56 Å². The van der Waals surface area contributed by atoms with E-state index in [0.29, 0.717) is 12.2 Å². The molecule has 3 heteroatoms. The van der Waals surface area contributed by atoms with E-state index < -0.39 is 0 Å². The van der Waals surface area contributed by atoms with Crippen molar-refractivity contribution in [3.05, 3.63) is 70.8 Å². The van der Waals surface area contributed by atoms with Crippen LogP contribution < -0.4 is 0 Å². The highest BCUT2D eigenvalue weighted by molar-refractivity contribution is 5.89. The van der Waals surface area contributed by atoms with Crippen LogP contribution in [0.25, 0.3) is 0 Å². The van der Waals surface area contributed by atoms with E-state index in [2.05, 4.69) is 11.0 Å². The average molecular weight is 283 g/mol. The van der Waals surface area contributed by atoms with Crippen LogP contribution in [0, 0.1) is 6.92 Å². The molecule has 0 aliphatic rings. The van der Waals surface area contributed by atoms with E-state index in [0.717, 1.165) is 17.7 Å². The van der Waals surface area contributed by atoms with Crippen molar-refractivity contribution in [3.8, 4) is 0 Å². The Kier molecular flexibility index (Phi) is 5.12. The maximum absolute atomic E-state index is 12.0. The predicted octanol–water partition coefficient (Wildman–Crippen LogP) is 3.41. The normalized spacial score (nSPS) is 10.7. The van der Waals surface area contributed by atoms with Crippen molar-refractivity contribution in [2.24, 2.45) is 0 Å². The fourth-order valence-electron chi connectivity index (χ4n) is 2.11. The van der Waals surface area contributed by atoms with Gasteiger partial charge in [0, 0.05) is 6.54 Å². The fraction of sp³-hybridized carbons (Fsp3) is 0.278. The summed E-state index contributed by atoms with van der Waals surface area (Å²) in [5.41, 5.74) is 3.94. The molecule has 3 nitrogen and oxygen atoms in total. The minimum absolute atomic E-state index is 0.283. The first kappa shape index (κ1) is 15.3. The van der Waals surface area contributed by atoms with Crippen LogP contribution in [0.1, 0.15) is 27.0 Å². The van der Waals surface area contributed by atoms with Gasteiger partial charge in [0.2, 0.25) is 0 Å². The van der Waals surface area contributed by atoms with Gasteiger partial charge in [0.15, 0.2) is 0 Å². The molecule has 0 N–H and O–H groups in total. The summed E-state index contributed by atoms with van der Waals surface area (Å²) in [5.74, 6) is -0.283.